The van der Waals surface area contributed by atoms with E-state index in [2.05, 4.69) is 59.5 Å². The summed E-state index contributed by atoms with van der Waals surface area (Å²) in [6.07, 6.45) is 1.07. The van der Waals surface area contributed by atoms with Gasteiger partial charge in [0.05, 0.1) is 22.4 Å². The summed E-state index contributed by atoms with van der Waals surface area (Å²) in [5, 5.41) is 0.505. The Labute approximate surface area is 216 Å². The molecular weight excluding hydrogens is 462 g/mol. The van der Waals surface area contributed by atoms with Crippen molar-refractivity contribution < 1.29 is 4.74 Å². The molecule has 0 radical (unpaired) electrons. The Bertz CT molecular complexity index is 1510. The SMILES string of the molecule is S=C(Oc1ccc2nc(-c3ccccc3)c(-c3ccccc3)nc2c1)N1CC[C@@H](c2ccccc2)C1. The number of aromatic nitrogens is 2. The van der Waals surface area contributed by atoms with Crippen LogP contribution in [0.5, 0.6) is 5.75 Å². The van der Waals surface area contributed by atoms with Crippen molar-refractivity contribution in [2.24, 2.45) is 0 Å². The van der Waals surface area contributed by atoms with Gasteiger partial charge in [0.15, 0.2) is 0 Å². The molecule has 0 unspecified atom stereocenters. The Kier molecular flexibility index (Phi) is 6.14. The molecule has 1 atom stereocenters. The van der Waals surface area contributed by atoms with Gasteiger partial charge in [-0.1, -0.05) is 91.0 Å². The van der Waals surface area contributed by atoms with E-state index in [1.54, 1.807) is 0 Å². The summed E-state index contributed by atoms with van der Waals surface area (Å²) in [5.74, 6) is 1.15. The Morgan fingerprint density at radius 1 is 0.722 bits per heavy atom. The van der Waals surface area contributed by atoms with Crippen LogP contribution in [0.3, 0.4) is 0 Å². The van der Waals surface area contributed by atoms with E-state index in [1.807, 2.05) is 54.6 Å². The highest BCUT2D eigenvalue weighted by Gasteiger charge is 2.26. The van der Waals surface area contributed by atoms with E-state index in [0.717, 1.165) is 53.1 Å². The lowest BCUT2D eigenvalue weighted by Gasteiger charge is -2.19. The van der Waals surface area contributed by atoms with Crippen LogP contribution in [0, 0.1) is 0 Å². The summed E-state index contributed by atoms with van der Waals surface area (Å²) < 4.78 is 6.14. The van der Waals surface area contributed by atoms with E-state index < -0.39 is 0 Å². The first-order valence-electron chi connectivity index (χ1n) is 12.2. The molecule has 1 aliphatic rings. The first-order chi connectivity index (χ1) is 17.7. The molecular formula is C31H25N3OS. The molecule has 4 aromatic carbocycles. The van der Waals surface area contributed by atoms with Gasteiger partial charge in [0.25, 0.3) is 5.17 Å². The monoisotopic (exact) mass is 487 g/mol. The van der Waals surface area contributed by atoms with E-state index in [9.17, 15) is 0 Å². The molecule has 0 spiro atoms. The first kappa shape index (κ1) is 22.4. The molecule has 0 N–H and O–H groups in total. The number of likely N-dealkylation sites (tertiary alicyclic amines) is 1. The second kappa shape index (κ2) is 9.88. The molecule has 1 fully saturated rings. The van der Waals surface area contributed by atoms with Crippen LogP contribution >= 0.6 is 12.2 Å². The lowest BCUT2D eigenvalue weighted by atomic mass is 9.99. The Morgan fingerprint density at radius 2 is 1.31 bits per heavy atom. The summed E-state index contributed by atoms with van der Waals surface area (Å²) in [7, 11) is 0. The van der Waals surface area contributed by atoms with Crippen molar-refractivity contribution in [2.45, 2.75) is 12.3 Å². The number of benzene rings is 4. The number of nitrogens with zero attached hydrogens (tertiary/aromatic N) is 3. The van der Waals surface area contributed by atoms with E-state index in [1.165, 1.54) is 5.56 Å². The number of fused-ring (bicyclic) bond motifs is 1. The van der Waals surface area contributed by atoms with Gasteiger partial charge >= 0.3 is 0 Å². The van der Waals surface area contributed by atoms with Gasteiger partial charge in [-0.2, -0.15) is 0 Å². The van der Waals surface area contributed by atoms with Gasteiger partial charge in [-0.15, -0.1) is 0 Å². The first-order valence-corrected chi connectivity index (χ1v) is 12.6. The summed E-state index contributed by atoms with van der Waals surface area (Å²) in [5.41, 5.74) is 6.72. The minimum atomic E-state index is 0.472. The molecule has 36 heavy (non-hydrogen) atoms. The van der Waals surface area contributed by atoms with Gasteiger partial charge in [0, 0.05) is 36.2 Å². The van der Waals surface area contributed by atoms with Crippen LogP contribution in [-0.4, -0.2) is 33.1 Å². The van der Waals surface area contributed by atoms with Crippen molar-refractivity contribution in [2.75, 3.05) is 13.1 Å². The molecule has 1 aromatic heterocycles. The number of hydrogen-bond donors (Lipinski definition) is 0. The predicted molar refractivity (Wildman–Crippen MR) is 149 cm³/mol. The Hall–Kier alpha value is -4.09. The molecule has 0 aliphatic carbocycles. The molecule has 176 valence electrons. The van der Waals surface area contributed by atoms with Gasteiger partial charge in [-0.3, -0.25) is 0 Å². The highest BCUT2D eigenvalue weighted by atomic mass is 32.1. The standard InChI is InChI=1S/C31H25N3OS/c36-31(34-19-18-25(21-34)22-10-4-1-5-11-22)35-26-16-17-27-28(20-26)33-30(24-14-8-3-9-15-24)29(32-27)23-12-6-2-7-13-23/h1-17,20,25H,18-19,21H2/t25-/m1/s1. The molecule has 1 saturated heterocycles. The van der Waals surface area contributed by atoms with Gasteiger partial charge in [0.2, 0.25) is 0 Å². The summed E-state index contributed by atoms with van der Waals surface area (Å²) in [4.78, 5) is 12.2. The fraction of sp³-hybridized carbons (Fsp3) is 0.129. The summed E-state index contributed by atoms with van der Waals surface area (Å²) in [6, 6.07) is 36.8. The van der Waals surface area contributed by atoms with Crippen molar-refractivity contribution in [1.82, 2.24) is 14.9 Å². The van der Waals surface area contributed by atoms with Gasteiger partial charge < -0.3 is 9.64 Å². The van der Waals surface area contributed by atoms with Crippen molar-refractivity contribution in [3.63, 3.8) is 0 Å². The predicted octanol–water partition coefficient (Wildman–Crippen LogP) is 7.12. The van der Waals surface area contributed by atoms with Crippen LogP contribution in [0.4, 0.5) is 0 Å². The third-order valence-corrected chi connectivity index (χ3v) is 6.99. The maximum Gasteiger partial charge on any atom is 0.264 e. The average molecular weight is 488 g/mol. The third kappa shape index (κ3) is 4.58. The molecule has 0 saturated carbocycles. The highest BCUT2D eigenvalue weighted by Crippen LogP contribution is 2.32. The summed E-state index contributed by atoms with van der Waals surface area (Å²) in [6.45, 7) is 1.76. The second-order valence-corrected chi connectivity index (χ2v) is 9.36. The van der Waals surface area contributed by atoms with Crippen LogP contribution in [-0.2, 0) is 0 Å². The maximum atomic E-state index is 6.14. The lowest BCUT2D eigenvalue weighted by Crippen LogP contribution is -2.31. The smallest absolute Gasteiger partial charge is 0.264 e. The van der Waals surface area contributed by atoms with Gasteiger partial charge in [0.1, 0.15) is 5.75 Å². The number of ether oxygens (including phenoxy) is 1. The van der Waals surface area contributed by atoms with Crippen LogP contribution in [0.1, 0.15) is 17.9 Å². The zero-order valence-corrected chi connectivity index (χ0v) is 20.6. The average Bonchev–Trinajstić information content (AvgIpc) is 3.45. The van der Waals surface area contributed by atoms with Gasteiger partial charge in [-0.25, -0.2) is 9.97 Å². The molecule has 0 amide bonds. The normalized spacial score (nSPS) is 15.2. The lowest BCUT2D eigenvalue weighted by molar-refractivity contribution is 0.403. The van der Waals surface area contributed by atoms with Crippen molar-refractivity contribution in [1.29, 1.82) is 0 Å². The molecule has 0 bridgehead atoms. The number of hydrogen-bond acceptors (Lipinski definition) is 4. The maximum absolute atomic E-state index is 6.14. The van der Waals surface area contributed by atoms with E-state index in [0.29, 0.717) is 16.8 Å². The van der Waals surface area contributed by atoms with Crippen molar-refractivity contribution >= 4 is 28.4 Å². The van der Waals surface area contributed by atoms with E-state index >= 15 is 0 Å². The van der Waals surface area contributed by atoms with Crippen LogP contribution in [0.15, 0.2) is 109 Å². The Balaban J connectivity index is 1.29. The van der Waals surface area contributed by atoms with Crippen LogP contribution in [0.2, 0.25) is 0 Å². The zero-order chi connectivity index (χ0) is 24.3. The third-order valence-electron chi connectivity index (χ3n) is 6.65. The fourth-order valence-electron chi connectivity index (χ4n) is 4.78. The van der Waals surface area contributed by atoms with Crippen LogP contribution < -0.4 is 4.74 Å². The molecule has 6 rings (SSSR count). The summed E-state index contributed by atoms with van der Waals surface area (Å²) >= 11 is 5.68. The Morgan fingerprint density at radius 3 is 1.94 bits per heavy atom. The fourth-order valence-corrected chi connectivity index (χ4v) is 5.04. The highest BCUT2D eigenvalue weighted by molar-refractivity contribution is 7.80. The zero-order valence-electron chi connectivity index (χ0n) is 19.7. The van der Waals surface area contributed by atoms with Crippen molar-refractivity contribution in [3.05, 3.63) is 115 Å². The van der Waals surface area contributed by atoms with Gasteiger partial charge in [-0.05, 0) is 36.3 Å². The topological polar surface area (TPSA) is 38.3 Å². The molecule has 1 aliphatic heterocycles. The second-order valence-electron chi connectivity index (χ2n) is 9.01. The van der Waals surface area contributed by atoms with Crippen LogP contribution in [0.25, 0.3) is 33.5 Å². The molecule has 2 heterocycles. The van der Waals surface area contributed by atoms with Crippen molar-refractivity contribution in [3.8, 4) is 28.3 Å². The number of thiocarbonyl (C=S) groups is 1. The van der Waals surface area contributed by atoms with E-state index in [-0.39, 0.29) is 0 Å². The minimum absolute atomic E-state index is 0.472. The molecule has 5 heteroatoms. The molecule has 5 aromatic rings. The molecule has 4 nitrogen and oxygen atoms in total. The largest absolute Gasteiger partial charge is 0.432 e. The van der Waals surface area contributed by atoms with E-state index in [4.69, 9.17) is 26.9 Å². The quantitative estimate of drug-likeness (QED) is 0.252. The number of rotatable bonds is 4. The minimum Gasteiger partial charge on any atom is -0.432 e.